The Kier molecular flexibility index (Phi) is 4.35. The van der Waals surface area contributed by atoms with Gasteiger partial charge in [-0.3, -0.25) is 9.78 Å². The third kappa shape index (κ3) is 3.15. The molecule has 0 aliphatic carbocycles. The summed E-state index contributed by atoms with van der Waals surface area (Å²) in [5, 5.41) is 0. The molecule has 0 aliphatic heterocycles. The summed E-state index contributed by atoms with van der Waals surface area (Å²) in [6.45, 7) is 3.93. The number of rotatable bonds is 5. The first kappa shape index (κ1) is 14.1. The Hall–Kier alpha value is -2.36. The van der Waals surface area contributed by atoms with E-state index in [-0.39, 0.29) is 6.10 Å². The minimum Gasteiger partial charge on any atom is -0.496 e. The van der Waals surface area contributed by atoms with E-state index in [9.17, 15) is 4.79 Å². The Morgan fingerprint density at radius 1 is 1.15 bits per heavy atom. The molecule has 0 fully saturated rings. The monoisotopic (exact) mass is 271 g/mol. The van der Waals surface area contributed by atoms with Crippen LogP contribution in [0.1, 0.15) is 24.2 Å². The van der Waals surface area contributed by atoms with Crippen molar-refractivity contribution in [2.75, 3.05) is 7.11 Å². The quantitative estimate of drug-likeness (QED) is 0.782. The summed E-state index contributed by atoms with van der Waals surface area (Å²) in [7, 11) is 1.54. The Morgan fingerprint density at radius 2 is 1.95 bits per heavy atom. The fourth-order valence-corrected chi connectivity index (χ4v) is 1.92. The first-order valence-corrected chi connectivity index (χ1v) is 6.39. The van der Waals surface area contributed by atoms with Crippen molar-refractivity contribution in [3.63, 3.8) is 0 Å². The van der Waals surface area contributed by atoms with Crippen LogP contribution in [0.25, 0.3) is 11.1 Å². The van der Waals surface area contributed by atoms with Gasteiger partial charge in [0.05, 0.1) is 25.0 Å². The highest BCUT2D eigenvalue weighted by Gasteiger charge is 2.07. The Morgan fingerprint density at radius 3 is 2.60 bits per heavy atom. The molecular formula is C16H17NO3. The van der Waals surface area contributed by atoms with Crippen molar-refractivity contribution in [2.45, 2.75) is 20.0 Å². The van der Waals surface area contributed by atoms with Crippen molar-refractivity contribution < 1.29 is 14.3 Å². The molecular weight excluding hydrogens is 254 g/mol. The molecule has 0 unspecified atom stereocenters. The zero-order valence-corrected chi connectivity index (χ0v) is 11.8. The molecule has 20 heavy (non-hydrogen) atoms. The number of carbonyl (C=O) groups is 1. The van der Waals surface area contributed by atoms with Crippen LogP contribution in [0.15, 0.2) is 36.7 Å². The van der Waals surface area contributed by atoms with Crippen molar-refractivity contribution in [3.8, 4) is 22.6 Å². The van der Waals surface area contributed by atoms with Gasteiger partial charge in [-0.1, -0.05) is 6.07 Å². The van der Waals surface area contributed by atoms with E-state index in [1.807, 2.05) is 26.0 Å². The summed E-state index contributed by atoms with van der Waals surface area (Å²) in [5.74, 6) is 1.27. The van der Waals surface area contributed by atoms with Crippen molar-refractivity contribution in [1.82, 2.24) is 4.98 Å². The molecule has 0 bridgehead atoms. The van der Waals surface area contributed by atoms with E-state index in [0.29, 0.717) is 17.1 Å². The minimum absolute atomic E-state index is 0.0912. The number of benzene rings is 1. The smallest absolute Gasteiger partial charge is 0.153 e. The lowest BCUT2D eigenvalue weighted by atomic mass is 10.0. The SMILES string of the molecule is COc1ccc(-c2cncc(OC(C)C)c2)cc1C=O. The summed E-state index contributed by atoms with van der Waals surface area (Å²) < 4.78 is 10.8. The van der Waals surface area contributed by atoms with Gasteiger partial charge in [-0.15, -0.1) is 0 Å². The molecule has 1 aromatic heterocycles. The molecule has 0 spiro atoms. The molecule has 1 heterocycles. The topological polar surface area (TPSA) is 48.4 Å². The van der Waals surface area contributed by atoms with Gasteiger partial charge >= 0.3 is 0 Å². The van der Waals surface area contributed by atoms with E-state index in [1.165, 1.54) is 0 Å². The van der Waals surface area contributed by atoms with Crippen LogP contribution >= 0.6 is 0 Å². The molecule has 0 radical (unpaired) electrons. The molecule has 2 aromatic rings. The predicted molar refractivity (Wildman–Crippen MR) is 77.4 cm³/mol. The van der Waals surface area contributed by atoms with Crippen LogP contribution in [0, 0.1) is 0 Å². The molecule has 0 saturated heterocycles. The van der Waals surface area contributed by atoms with Gasteiger partial charge in [0.25, 0.3) is 0 Å². The molecule has 0 aliphatic rings. The highest BCUT2D eigenvalue weighted by molar-refractivity contribution is 5.83. The summed E-state index contributed by atoms with van der Waals surface area (Å²) in [4.78, 5) is 15.2. The van der Waals surface area contributed by atoms with Crippen LogP contribution in [-0.2, 0) is 0 Å². The van der Waals surface area contributed by atoms with Crippen LogP contribution in [0.5, 0.6) is 11.5 Å². The average molecular weight is 271 g/mol. The number of pyridine rings is 1. The minimum atomic E-state index is 0.0912. The third-order valence-electron chi connectivity index (χ3n) is 2.77. The number of carbonyl (C=O) groups excluding carboxylic acids is 1. The van der Waals surface area contributed by atoms with Crippen LogP contribution in [0.4, 0.5) is 0 Å². The molecule has 4 nitrogen and oxygen atoms in total. The van der Waals surface area contributed by atoms with Crippen molar-refractivity contribution in [1.29, 1.82) is 0 Å². The lowest BCUT2D eigenvalue weighted by Gasteiger charge is -2.11. The number of aromatic nitrogens is 1. The second-order valence-corrected chi connectivity index (χ2v) is 4.65. The van der Waals surface area contributed by atoms with E-state index in [1.54, 1.807) is 31.6 Å². The van der Waals surface area contributed by atoms with Crippen LogP contribution in [-0.4, -0.2) is 24.5 Å². The fourth-order valence-electron chi connectivity index (χ4n) is 1.92. The first-order chi connectivity index (χ1) is 9.63. The maximum Gasteiger partial charge on any atom is 0.153 e. The molecule has 1 aromatic carbocycles. The number of nitrogens with zero attached hydrogens (tertiary/aromatic N) is 1. The van der Waals surface area contributed by atoms with Crippen LogP contribution in [0.2, 0.25) is 0 Å². The van der Waals surface area contributed by atoms with Gasteiger partial charge in [-0.05, 0) is 37.6 Å². The molecule has 2 rings (SSSR count). The largest absolute Gasteiger partial charge is 0.496 e. The van der Waals surface area contributed by atoms with Crippen LogP contribution in [0.3, 0.4) is 0 Å². The summed E-state index contributed by atoms with van der Waals surface area (Å²) in [5.41, 5.74) is 2.31. The normalized spacial score (nSPS) is 10.4. The number of aldehydes is 1. The maximum absolute atomic E-state index is 11.1. The molecule has 0 atom stereocenters. The molecule has 0 N–H and O–H groups in total. The summed E-state index contributed by atoms with van der Waals surface area (Å²) in [6.07, 6.45) is 4.29. The Balaban J connectivity index is 2.38. The van der Waals surface area contributed by atoms with E-state index in [2.05, 4.69) is 4.98 Å². The lowest BCUT2D eigenvalue weighted by Crippen LogP contribution is -2.05. The van der Waals surface area contributed by atoms with E-state index in [4.69, 9.17) is 9.47 Å². The van der Waals surface area contributed by atoms with Gasteiger partial charge in [-0.2, -0.15) is 0 Å². The molecule has 0 saturated carbocycles. The van der Waals surface area contributed by atoms with Gasteiger partial charge in [-0.25, -0.2) is 0 Å². The predicted octanol–water partition coefficient (Wildman–Crippen LogP) is 3.36. The van der Waals surface area contributed by atoms with Gasteiger partial charge in [0.15, 0.2) is 6.29 Å². The Labute approximate surface area is 118 Å². The number of methoxy groups -OCH3 is 1. The lowest BCUT2D eigenvalue weighted by molar-refractivity contribution is 0.112. The van der Waals surface area contributed by atoms with Gasteiger partial charge in [0.1, 0.15) is 11.5 Å². The average Bonchev–Trinajstić information content (AvgIpc) is 2.46. The molecule has 104 valence electrons. The second kappa shape index (κ2) is 6.19. The van der Waals surface area contributed by atoms with Gasteiger partial charge in [0.2, 0.25) is 0 Å². The summed E-state index contributed by atoms with van der Waals surface area (Å²) >= 11 is 0. The maximum atomic E-state index is 11.1. The highest BCUT2D eigenvalue weighted by atomic mass is 16.5. The van der Waals surface area contributed by atoms with E-state index < -0.39 is 0 Å². The number of ether oxygens (including phenoxy) is 2. The van der Waals surface area contributed by atoms with Crippen LogP contribution < -0.4 is 9.47 Å². The fraction of sp³-hybridized carbons (Fsp3) is 0.250. The number of hydrogen-bond donors (Lipinski definition) is 0. The van der Waals surface area contributed by atoms with Gasteiger partial charge in [0, 0.05) is 11.8 Å². The summed E-state index contributed by atoms with van der Waals surface area (Å²) in [6, 6.07) is 7.35. The molecule has 0 amide bonds. The zero-order valence-electron chi connectivity index (χ0n) is 11.8. The molecule has 4 heteroatoms. The zero-order chi connectivity index (χ0) is 14.5. The first-order valence-electron chi connectivity index (χ1n) is 6.39. The van der Waals surface area contributed by atoms with Crippen molar-refractivity contribution in [2.24, 2.45) is 0 Å². The third-order valence-corrected chi connectivity index (χ3v) is 2.77. The second-order valence-electron chi connectivity index (χ2n) is 4.65. The van der Waals surface area contributed by atoms with E-state index in [0.717, 1.165) is 17.4 Å². The van der Waals surface area contributed by atoms with E-state index >= 15 is 0 Å². The van der Waals surface area contributed by atoms with Crippen molar-refractivity contribution in [3.05, 3.63) is 42.2 Å². The van der Waals surface area contributed by atoms with Gasteiger partial charge < -0.3 is 9.47 Å². The highest BCUT2D eigenvalue weighted by Crippen LogP contribution is 2.27. The Bertz CT molecular complexity index is 608. The van der Waals surface area contributed by atoms with Crippen molar-refractivity contribution >= 4 is 6.29 Å². The standard InChI is InChI=1S/C16H17NO3/c1-11(2)20-15-7-13(8-17-9-15)12-4-5-16(19-3)14(6-12)10-18/h4-11H,1-3H3. The number of hydrogen-bond acceptors (Lipinski definition) is 4.